The van der Waals surface area contributed by atoms with Gasteiger partial charge in [-0.25, -0.2) is 5.84 Å². The van der Waals surface area contributed by atoms with Gasteiger partial charge in [0.2, 0.25) is 0 Å². The number of carbonyl (C=O) groups is 1. The van der Waals surface area contributed by atoms with Crippen molar-refractivity contribution in [3.8, 4) is 0 Å². The van der Waals surface area contributed by atoms with E-state index in [9.17, 15) is 4.79 Å². The number of hydrogen-bond acceptors (Lipinski definition) is 4. The van der Waals surface area contributed by atoms with Gasteiger partial charge >= 0.3 is 5.91 Å². The molecule has 0 unspecified atom stereocenters. The average Bonchev–Trinajstić information content (AvgIpc) is 3.03. The SMILES string of the molecule is Cc1cc(CN2CCc3ccccc32)oc1C(=O)NN. The zero-order chi connectivity index (χ0) is 14.1. The van der Waals surface area contributed by atoms with Gasteiger partial charge in [-0.1, -0.05) is 18.2 Å². The number of furan rings is 1. The van der Waals surface area contributed by atoms with Crippen molar-refractivity contribution >= 4 is 11.6 Å². The van der Waals surface area contributed by atoms with Gasteiger partial charge in [-0.2, -0.15) is 0 Å². The van der Waals surface area contributed by atoms with E-state index in [0.29, 0.717) is 6.54 Å². The second-order valence-electron chi connectivity index (χ2n) is 5.00. The highest BCUT2D eigenvalue weighted by Gasteiger charge is 2.21. The molecule has 0 fully saturated rings. The van der Waals surface area contributed by atoms with Crippen molar-refractivity contribution in [3.05, 3.63) is 53.0 Å². The van der Waals surface area contributed by atoms with Crippen LogP contribution >= 0.6 is 0 Å². The number of fused-ring (bicyclic) bond motifs is 1. The van der Waals surface area contributed by atoms with Gasteiger partial charge in [-0.15, -0.1) is 0 Å². The maximum absolute atomic E-state index is 11.5. The minimum absolute atomic E-state index is 0.287. The number of nitrogen functional groups attached to an aromatic ring is 1. The van der Waals surface area contributed by atoms with Crippen molar-refractivity contribution in [1.29, 1.82) is 0 Å². The molecule has 2 aromatic rings. The summed E-state index contributed by atoms with van der Waals surface area (Å²) in [5.74, 6) is 5.81. The normalized spacial score (nSPS) is 13.4. The molecule has 0 atom stereocenters. The van der Waals surface area contributed by atoms with Gasteiger partial charge in [0.25, 0.3) is 0 Å². The minimum Gasteiger partial charge on any atom is -0.454 e. The first-order valence-corrected chi connectivity index (χ1v) is 6.62. The third kappa shape index (κ3) is 2.16. The lowest BCUT2D eigenvalue weighted by atomic mass is 10.2. The van der Waals surface area contributed by atoms with E-state index >= 15 is 0 Å². The van der Waals surface area contributed by atoms with Crippen molar-refractivity contribution in [3.63, 3.8) is 0 Å². The van der Waals surface area contributed by atoms with Crippen molar-refractivity contribution in [2.45, 2.75) is 19.9 Å². The van der Waals surface area contributed by atoms with E-state index in [4.69, 9.17) is 10.3 Å². The molecule has 5 heteroatoms. The van der Waals surface area contributed by atoms with Gasteiger partial charge in [0.1, 0.15) is 5.76 Å². The molecular weight excluding hydrogens is 254 g/mol. The number of nitrogens with two attached hydrogens (primary N) is 1. The number of carbonyl (C=O) groups excluding carboxylic acids is 1. The molecule has 3 N–H and O–H groups in total. The Morgan fingerprint density at radius 2 is 2.25 bits per heavy atom. The molecule has 5 nitrogen and oxygen atoms in total. The van der Waals surface area contributed by atoms with Gasteiger partial charge in [-0.05, 0) is 31.0 Å². The Morgan fingerprint density at radius 3 is 3.05 bits per heavy atom. The molecule has 3 rings (SSSR count). The second-order valence-corrected chi connectivity index (χ2v) is 5.00. The molecule has 0 bridgehead atoms. The molecule has 0 aliphatic carbocycles. The molecule has 1 aromatic carbocycles. The quantitative estimate of drug-likeness (QED) is 0.507. The summed E-state index contributed by atoms with van der Waals surface area (Å²) >= 11 is 0. The smallest absolute Gasteiger partial charge is 0.301 e. The number of aryl methyl sites for hydroxylation is 1. The summed E-state index contributed by atoms with van der Waals surface area (Å²) in [6, 6.07) is 10.3. The van der Waals surface area contributed by atoms with Crippen LogP contribution in [0.2, 0.25) is 0 Å². The summed E-state index contributed by atoms with van der Waals surface area (Å²) in [5, 5.41) is 0. The van der Waals surface area contributed by atoms with E-state index in [1.165, 1.54) is 11.3 Å². The Labute approximate surface area is 117 Å². The number of hydrogen-bond donors (Lipinski definition) is 2. The number of anilines is 1. The van der Waals surface area contributed by atoms with E-state index in [0.717, 1.165) is 24.3 Å². The van der Waals surface area contributed by atoms with Crippen LogP contribution in [0.1, 0.15) is 27.4 Å². The van der Waals surface area contributed by atoms with Crippen LogP contribution in [0.3, 0.4) is 0 Å². The van der Waals surface area contributed by atoms with Crippen LogP contribution in [-0.2, 0) is 13.0 Å². The highest BCUT2D eigenvalue weighted by Crippen LogP contribution is 2.29. The number of rotatable bonds is 3. The summed E-state index contributed by atoms with van der Waals surface area (Å²) in [4.78, 5) is 13.8. The molecule has 20 heavy (non-hydrogen) atoms. The van der Waals surface area contributed by atoms with Crippen LogP contribution in [-0.4, -0.2) is 12.5 Å². The summed E-state index contributed by atoms with van der Waals surface area (Å²) in [7, 11) is 0. The Hall–Kier alpha value is -2.27. The predicted molar refractivity (Wildman–Crippen MR) is 76.3 cm³/mol. The summed E-state index contributed by atoms with van der Waals surface area (Å²) < 4.78 is 5.61. The molecule has 0 spiro atoms. The summed E-state index contributed by atoms with van der Waals surface area (Å²) in [6.45, 7) is 3.47. The second kappa shape index (κ2) is 5.02. The third-order valence-electron chi connectivity index (χ3n) is 3.64. The maximum atomic E-state index is 11.5. The third-order valence-corrected chi connectivity index (χ3v) is 3.64. The van der Waals surface area contributed by atoms with E-state index in [1.54, 1.807) is 0 Å². The molecule has 104 valence electrons. The van der Waals surface area contributed by atoms with Gasteiger partial charge in [0.05, 0.1) is 6.54 Å². The molecule has 2 heterocycles. The number of nitrogens with zero attached hydrogens (tertiary/aromatic N) is 1. The topological polar surface area (TPSA) is 71.5 Å². The molecule has 1 amide bonds. The molecule has 0 radical (unpaired) electrons. The Kier molecular flexibility index (Phi) is 3.20. The first-order valence-electron chi connectivity index (χ1n) is 6.62. The number of nitrogens with one attached hydrogen (secondary N) is 1. The Balaban J connectivity index is 1.81. The molecule has 1 aromatic heterocycles. The molecule has 1 aliphatic rings. The van der Waals surface area contributed by atoms with E-state index in [2.05, 4.69) is 28.5 Å². The highest BCUT2D eigenvalue weighted by molar-refractivity contribution is 5.92. The van der Waals surface area contributed by atoms with Gasteiger partial charge in [0, 0.05) is 17.8 Å². The van der Waals surface area contributed by atoms with Crippen LogP contribution in [0.4, 0.5) is 5.69 Å². The van der Waals surface area contributed by atoms with Crippen molar-refractivity contribution in [2.24, 2.45) is 5.84 Å². The predicted octanol–water partition coefficient (Wildman–Crippen LogP) is 1.75. The first kappa shape index (κ1) is 12.7. The van der Waals surface area contributed by atoms with E-state index < -0.39 is 5.91 Å². The summed E-state index contributed by atoms with van der Waals surface area (Å²) in [6.07, 6.45) is 1.05. The van der Waals surface area contributed by atoms with Crippen LogP contribution in [0.25, 0.3) is 0 Å². The van der Waals surface area contributed by atoms with E-state index in [-0.39, 0.29) is 5.76 Å². The lowest BCUT2D eigenvalue weighted by Gasteiger charge is -2.17. The van der Waals surface area contributed by atoms with Gasteiger partial charge < -0.3 is 9.32 Å². The van der Waals surface area contributed by atoms with Crippen molar-refractivity contribution < 1.29 is 9.21 Å². The number of amides is 1. The number of para-hydroxylation sites is 1. The van der Waals surface area contributed by atoms with E-state index in [1.807, 2.05) is 19.1 Å². The minimum atomic E-state index is -0.393. The van der Waals surface area contributed by atoms with Crippen LogP contribution in [0, 0.1) is 6.92 Å². The monoisotopic (exact) mass is 271 g/mol. The van der Waals surface area contributed by atoms with Crippen LogP contribution in [0.15, 0.2) is 34.7 Å². The van der Waals surface area contributed by atoms with Crippen LogP contribution < -0.4 is 16.2 Å². The van der Waals surface area contributed by atoms with Crippen LogP contribution in [0.5, 0.6) is 0 Å². The zero-order valence-electron chi connectivity index (χ0n) is 11.3. The molecule has 0 saturated heterocycles. The Morgan fingerprint density at radius 1 is 1.45 bits per heavy atom. The van der Waals surface area contributed by atoms with Crippen molar-refractivity contribution in [2.75, 3.05) is 11.4 Å². The Bertz CT molecular complexity index is 648. The average molecular weight is 271 g/mol. The lowest BCUT2D eigenvalue weighted by molar-refractivity contribution is 0.0923. The standard InChI is InChI=1S/C15H17N3O2/c1-10-8-12(20-14(10)15(19)17-16)9-18-7-6-11-4-2-3-5-13(11)18/h2-5,8H,6-7,9,16H2,1H3,(H,17,19). The molecular formula is C15H17N3O2. The zero-order valence-corrected chi connectivity index (χ0v) is 11.3. The molecule has 0 saturated carbocycles. The lowest BCUT2D eigenvalue weighted by Crippen LogP contribution is -2.30. The molecule has 1 aliphatic heterocycles. The van der Waals surface area contributed by atoms with Gasteiger partial charge in [0.15, 0.2) is 5.76 Å². The highest BCUT2D eigenvalue weighted by atomic mass is 16.4. The van der Waals surface area contributed by atoms with Gasteiger partial charge in [-0.3, -0.25) is 10.2 Å². The fraction of sp³-hybridized carbons (Fsp3) is 0.267. The maximum Gasteiger partial charge on any atom is 0.301 e. The number of benzene rings is 1. The van der Waals surface area contributed by atoms with Crippen molar-refractivity contribution in [1.82, 2.24) is 5.43 Å². The fourth-order valence-corrected chi connectivity index (χ4v) is 2.68. The first-order chi connectivity index (χ1) is 9.69. The number of hydrazine groups is 1. The summed E-state index contributed by atoms with van der Waals surface area (Å²) in [5.41, 5.74) is 5.50. The fourth-order valence-electron chi connectivity index (χ4n) is 2.68. The largest absolute Gasteiger partial charge is 0.454 e.